The van der Waals surface area contributed by atoms with E-state index < -0.39 is 0 Å². The van der Waals surface area contributed by atoms with Crippen molar-refractivity contribution in [2.24, 2.45) is 15.7 Å². The van der Waals surface area contributed by atoms with Crippen molar-refractivity contribution < 1.29 is 9.53 Å². The summed E-state index contributed by atoms with van der Waals surface area (Å²) in [4.78, 5) is 24.2. The SMILES string of the molecule is C#CC(C)SC(/C(=C/C=NC1CCCNC1)N=CN)=C(\C)Oc1ccc(N2CCCC2=O)c2ccccc12. The van der Waals surface area contributed by atoms with Crippen molar-refractivity contribution in [3.63, 3.8) is 0 Å². The van der Waals surface area contributed by atoms with E-state index in [-0.39, 0.29) is 17.2 Å². The van der Waals surface area contributed by atoms with Crippen LogP contribution in [0.3, 0.4) is 0 Å². The third kappa shape index (κ3) is 6.66. The van der Waals surface area contributed by atoms with E-state index in [1.165, 1.54) is 18.1 Å². The molecule has 2 atom stereocenters. The van der Waals surface area contributed by atoms with Gasteiger partial charge in [0.2, 0.25) is 5.91 Å². The lowest BCUT2D eigenvalue weighted by atomic mass is 10.1. The van der Waals surface area contributed by atoms with Crippen LogP contribution in [0.15, 0.2) is 68.8 Å². The summed E-state index contributed by atoms with van der Waals surface area (Å²) in [7, 11) is 0. The lowest BCUT2D eigenvalue weighted by Crippen LogP contribution is -2.32. The number of nitrogens with zero attached hydrogens (tertiary/aromatic N) is 3. The van der Waals surface area contributed by atoms with Gasteiger partial charge in [-0.05, 0) is 57.9 Å². The summed E-state index contributed by atoms with van der Waals surface area (Å²) >= 11 is 1.49. The summed E-state index contributed by atoms with van der Waals surface area (Å²) in [5.41, 5.74) is 7.27. The average Bonchev–Trinajstić information content (AvgIpc) is 3.37. The fourth-order valence-electron chi connectivity index (χ4n) is 4.68. The minimum absolute atomic E-state index is 0.111. The number of hydrogen-bond donors (Lipinski definition) is 2. The second-order valence-electron chi connectivity index (χ2n) is 9.32. The predicted molar refractivity (Wildman–Crippen MR) is 160 cm³/mol. The van der Waals surface area contributed by atoms with Crippen LogP contribution in [-0.2, 0) is 4.79 Å². The van der Waals surface area contributed by atoms with Crippen LogP contribution < -0.4 is 20.7 Å². The number of amides is 1. The fraction of sp³-hybridized carbons (Fsp3) is 0.367. The normalized spacial score (nSPS) is 20.2. The second-order valence-corrected chi connectivity index (χ2v) is 10.7. The minimum atomic E-state index is -0.111. The molecule has 1 amide bonds. The molecule has 0 aromatic heterocycles. The number of piperidine rings is 1. The smallest absolute Gasteiger partial charge is 0.227 e. The molecule has 2 heterocycles. The number of carbonyl (C=O) groups is 1. The van der Waals surface area contributed by atoms with Gasteiger partial charge in [-0.3, -0.25) is 9.79 Å². The van der Waals surface area contributed by atoms with E-state index in [0.29, 0.717) is 23.6 Å². The molecule has 2 aliphatic rings. The predicted octanol–water partition coefficient (Wildman–Crippen LogP) is 5.03. The van der Waals surface area contributed by atoms with Crippen LogP contribution in [0.5, 0.6) is 5.75 Å². The van der Waals surface area contributed by atoms with Crippen molar-refractivity contribution in [3.05, 3.63) is 58.8 Å². The number of rotatable bonds is 9. The molecular formula is C30H35N5O2S. The number of aliphatic imine (C=N–C) groups is 2. The Morgan fingerprint density at radius 1 is 1.29 bits per heavy atom. The molecule has 0 aliphatic carbocycles. The van der Waals surface area contributed by atoms with Crippen molar-refractivity contribution in [1.29, 1.82) is 0 Å². The summed E-state index contributed by atoms with van der Waals surface area (Å²) in [6, 6.07) is 12.1. The molecule has 0 bridgehead atoms. The molecule has 2 aromatic carbocycles. The van der Waals surface area contributed by atoms with Gasteiger partial charge in [0, 0.05) is 36.5 Å². The Balaban J connectivity index is 1.70. The van der Waals surface area contributed by atoms with E-state index in [2.05, 4.69) is 16.2 Å². The van der Waals surface area contributed by atoms with Crippen molar-refractivity contribution >= 4 is 46.7 Å². The quantitative estimate of drug-likeness (QED) is 0.156. The van der Waals surface area contributed by atoms with Gasteiger partial charge < -0.3 is 20.7 Å². The summed E-state index contributed by atoms with van der Waals surface area (Å²) < 4.78 is 6.48. The number of thioether (sulfide) groups is 1. The lowest BCUT2D eigenvalue weighted by molar-refractivity contribution is -0.117. The number of nitrogens with two attached hydrogens (primary N) is 1. The highest BCUT2D eigenvalue weighted by molar-refractivity contribution is 8.04. The molecule has 2 aliphatic heterocycles. The van der Waals surface area contributed by atoms with Crippen LogP contribution in [0.2, 0.25) is 0 Å². The number of allylic oxidation sites excluding steroid dienone is 2. The van der Waals surface area contributed by atoms with Gasteiger partial charge >= 0.3 is 0 Å². The molecule has 0 saturated carbocycles. The zero-order valence-electron chi connectivity index (χ0n) is 22.0. The summed E-state index contributed by atoms with van der Waals surface area (Å²) in [5, 5.41) is 5.17. The third-order valence-electron chi connectivity index (χ3n) is 6.58. The van der Waals surface area contributed by atoms with Gasteiger partial charge in [-0.15, -0.1) is 18.2 Å². The summed E-state index contributed by atoms with van der Waals surface area (Å²) in [5.74, 6) is 4.27. The molecule has 2 fully saturated rings. The second kappa shape index (κ2) is 13.3. The molecule has 7 nitrogen and oxygen atoms in total. The van der Waals surface area contributed by atoms with E-state index >= 15 is 0 Å². The Morgan fingerprint density at radius 2 is 2.11 bits per heavy atom. The van der Waals surface area contributed by atoms with Gasteiger partial charge in [0.1, 0.15) is 11.5 Å². The van der Waals surface area contributed by atoms with Gasteiger partial charge in [-0.25, -0.2) is 4.99 Å². The lowest BCUT2D eigenvalue weighted by Gasteiger charge is -2.21. The first-order valence-electron chi connectivity index (χ1n) is 13.0. The van der Waals surface area contributed by atoms with Crippen molar-refractivity contribution in [2.45, 2.75) is 50.8 Å². The molecule has 8 heteroatoms. The highest BCUT2D eigenvalue weighted by Crippen LogP contribution is 2.38. The summed E-state index contributed by atoms with van der Waals surface area (Å²) in [6.07, 6.45) is 14.3. The number of benzene rings is 2. The molecule has 2 saturated heterocycles. The average molecular weight is 530 g/mol. The van der Waals surface area contributed by atoms with Crippen molar-refractivity contribution in [1.82, 2.24) is 5.32 Å². The van der Waals surface area contributed by atoms with Gasteiger partial charge in [0.05, 0.1) is 33.9 Å². The molecule has 2 aromatic rings. The van der Waals surface area contributed by atoms with Crippen molar-refractivity contribution in [2.75, 3.05) is 24.5 Å². The Morgan fingerprint density at radius 3 is 2.79 bits per heavy atom. The minimum Gasteiger partial charge on any atom is -0.460 e. The van der Waals surface area contributed by atoms with E-state index in [4.69, 9.17) is 21.9 Å². The number of carbonyl (C=O) groups excluding carboxylic acids is 1. The van der Waals surface area contributed by atoms with Crippen LogP contribution in [0.25, 0.3) is 10.8 Å². The number of anilines is 1. The largest absolute Gasteiger partial charge is 0.460 e. The Bertz CT molecular complexity index is 1320. The zero-order chi connectivity index (χ0) is 26.9. The first kappa shape index (κ1) is 27.5. The summed E-state index contributed by atoms with van der Waals surface area (Å²) in [6.45, 7) is 6.51. The van der Waals surface area contributed by atoms with E-state index in [0.717, 1.165) is 60.3 Å². The molecule has 0 radical (unpaired) electrons. The van der Waals surface area contributed by atoms with Crippen LogP contribution >= 0.6 is 11.8 Å². The number of terminal acetylenes is 1. The highest BCUT2D eigenvalue weighted by atomic mass is 32.2. The van der Waals surface area contributed by atoms with Crippen molar-refractivity contribution in [3.8, 4) is 18.1 Å². The maximum Gasteiger partial charge on any atom is 0.227 e. The van der Waals surface area contributed by atoms with Crippen LogP contribution in [0.1, 0.15) is 39.5 Å². The van der Waals surface area contributed by atoms with Crippen LogP contribution in [0, 0.1) is 12.3 Å². The van der Waals surface area contributed by atoms with Crippen LogP contribution in [-0.4, -0.2) is 49.4 Å². The molecule has 4 rings (SSSR count). The fourth-order valence-corrected chi connectivity index (χ4v) is 5.55. The Labute approximate surface area is 229 Å². The molecule has 2 unspecified atom stereocenters. The Kier molecular flexibility index (Phi) is 9.63. The van der Waals surface area contributed by atoms with Crippen LogP contribution in [0.4, 0.5) is 5.69 Å². The first-order valence-corrected chi connectivity index (χ1v) is 13.9. The molecule has 0 spiro atoms. The number of fused-ring (bicyclic) bond motifs is 1. The van der Waals surface area contributed by atoms with E-state index in [9.17, 15) is 4.79 Å². The van der Waals surface area contributed by atoms with E-state index in [1.54, 1.807) is 6.21 Å². The molecule has 3 N–H and O–H groups in total. The molecule has 38 heavy (non-hydrogen) atoms. The molecular weight excluding hydrogens is 494 g/mol. The topological polar surface area (TPSA) is 92.3 Å². The van der Waals surface area contributed by atoms with Gasteiger partial charge in [0.25, 0.3) is 0 Å². The zero-order valence-corrected chi connectivity index (χ0v) is 22.8. The number of nitrogens with one attached hydrogen (secondary N) is 1. The molecule has 198 valence electrons. The number of ether oxygens (including phenoxy) is 1. The van der Waals surface area contributed by atoms with Gasteiger partial charge in [-0.2, -0.15) is 0 Å². The standard InChI is InChI=1S/C30H35N5O2S/c1-4-21(2)38-30(26(34-20-31)15-17-33-23-9-7-16-32-19-23)22(3)37-28-14-13-27(35-18-8-12-29(35)36)24-10-5-6-11-25(24)28/h1,5-6,10-11,13-15,17,20-21,23,32H,7-9,12,16,18-19H2,2-3H3,(H2,31,34)/b26-15-,30-22+,33-17?. The maximum atomic E-state index is 12.4. The maximum absolute atomic E-state index is 12.4. The van der Waals surface area contributed by atoms with Gasteiger partial charge in [0.15, 0.2) is 0 Å². The highest BCUT2D eigenvalue weighted by Gasteiger charge is 2.24. The number of hydrogen-bond acceptors (Lipinski definition) is 6. The first-order chi connectivity index (χ1) is 18.5. The third-order valence-corrected chi connectivity index (χ3v) is 7.81. The monoisotopic (exact) mass is 529 g/mol. The van der Waals surface area contributed by atoms with Gasteiger partial charge in [-0.1, -0.05) is 30.2 Å². The van der Waals surface area contributed by atoms with E-state index in [1.807, 2.05) is 61.2 Å². The Hall–Kier alpha value is -3.54.